The summed E-state index contributed by atoms with van der Waals surface area (Å²) < 4.78 is 0. The first-order chi connectivity index (χ1) is 5.65. The molecule has 0 amide bonds. The smallest absolute Gasteiger partial charge is 0.0405 e. The maximum atomic E-state index is 7.47. The fraction of sp³-hybridized carbons (Fsp3) is 0.300. The van der Waals surface area contributed by atoms with Gasteiger partial charge in [0.25, 0.3) is 0 Å². The highest BCUT2D eigenvalue weighted by atomic mass is 14.6. The van der Waals surface area contributed by atoms with Gasteiger partial charge in [-0.05, 0) is 31.0 Å². The molecule has 0 saturated carbocycles. The van der Waals surface area contributed by atoms with Crippen LogP contribution in [-0.2, 0) is 6.42 Å². The molecule has 0 atom stereocenters. The number of nitrogen functional groups attached to an aromatic ring is 1. The van der Waals surface area contributed by atoms with Gasteiger partial charge in [-0.25, -0.2) is 0 Å². The summed E-state index contributed by atoms with van der Waals surface area (Å²) in [5.74, 6) is 0. The van der Waals surface area contributed by atoms with Crippen LogP contribution in [0.2, 0.25) is 0 Å². The van der Waals surface area contributed by atoms with Gasteiger partial charge in [-0.15, -0.1) is 0 Å². The summed E-state index contributed by atoms with van der Waals surface area (Å²) in [7, 11) is 0. The van der Waals surface area contributed by atoms with Crippen molar-refractivity contribution in [3.8, 4) is 0 Å². The molecule has 0 spiro atoms. The van der Waals surface area contributed by atoms with Crippen LogP contribution in [0.15, 0.2) is 18.2 Å². The molecule has 0 aliphatic carbocycles. The summed E-state index contributed by atoms with van der Waals surface area (Å²) >= 11 is 0. The standard InChI is InChI=1S/C10H14N2/c1-3-8-4-5-10(12)9(6-8)7(2)11/h4-6,11H,3,12H2,1-2H3. The van der Waals surface area contributed by atoms with Crippen LogP contribution in [-0.4, -0.2) is 5.71 Å². The van der Waals surface area contributed by atoms with Gasteiger partial charge in [0.2, 0.25) is 0 Å². The first-order valence-corrected chi connectivity index (χ1v) is 4.09. The second kappa shape index (κ2) is 3.39. The minimum absolute atomic E-state index is 0.530. The molecule has 0 aliphatic heterocycles. The minimum atomic E-state index is 0.530. The third-order valence-corrected chi connectivity index (χ3v) is 1.93. The van der Waals surface area contributed by atoms with Crippen LogP contribution in [0.3, 0.4) is 0 Å². The molecule has 1 aromatic carbocycles. The Morgan fingerprint density at radius 1 is 1.50 bits per heavy atom. The van der Waals surface area contributed by atoms with Crippen molar-refractivity contribution in [2.75, 3.05) is 5.73 Å². The van der Waals surface area contributed by atoms with E-state index in [0.717, 1.165) is 12.0 Å². The van der Waals surface area contributed by atoms with Crippen LogP contribution >= 0.6 is 0 Å². The van der Waals surface area contributed by atoms with Gasteiger partial charge in [0, 0.05) is 17.0 Å². The molecule has 0 radical (unpaired) electrons. The predicted octanol–water partition coefficient (Wildman–Crippen LogP) is 2.22. The molecule has 3 N–H and O–H groups in total. The van der Waals surface area contributed by atoms with Crippen LogP contribution in [0.1, 0.15) is 25.0 Å². The highest BCUT2D eigenvalue weighted by Crippen LogP contribution is 2.14. The Morgan fingerprint density at radius 2 is 2.17 bits per heavy atom. The lowest BCUT2D eigenvalue weighted by molar-refractivity contribution is 1.14. The van der Waals surface area contributed by atoms with Crippen molar-refractivity contribution in [2.24, 2.45) is 0 Å². The predicted molar refractivity (Wildman–Crippen MR) is 52.7 cm³/mol. The molecule has 2 heteroatoms. The maximum Gasteiger partial charge on any atom is 0.0405 e. The lowest BCUT2D eigenvalue weighted by Gasteiger charge is -2.05. The Balaban J connectivity index is 3.17. The fourth-order valence-corrected chi connectivity index (χ4v) is 1.15. The topological polar surface area (TPSA) is 49.9 Å². The zero-order valence-electron chi connectivity index (χ0n) is 7.52. The number of benzene rings is 1. The third kappa shape index (κ3) is 1.64. The summed E-state index contributed by atoms with van der Waals surface area (Å²) in [6.45, 7) is 3.85. The molecular formula is C10H14N2. The Kier molecular flexibility index (Phi) is 2.48. The van der Waals surface area contributed by atoms with Gasteiger partial charge in [-0.3, -0.25) is 0 Å². The van der Waals surface area contributed by atoms with Crippen molar-refractivity contribution < 1.29 is 0 Å². The molecule has 0 bridgehead atoms. The van der Waals surface area contributed by atoms with Crippen molar-refractivity contribution in [3.05, 3.63) is 29.3 Å². The Morgan fingerprint density at radius 3 is 2.67 bits per heavy atom. The highest BCUT2D eigenvalue weighted by molar-refractivity contribution is 6.01. The quantitative estimate of drug-likeness (QED) is 0.508. The normalized spacial score (nSPS) is 9.83. The Bertz CT molecular complexity index is 303. The largest absolute Gasteiger partial charge is 0.398 e. The van der Waals surface area contributed by atoms with Crippen molar-refractivity contribution in [2.45, 2.75) is 20.3 Å². The van der Waals surface area contributed by atoms with E-state index in [2.05, 4.69) is 6.92 Å². The average Bonchev–Trinajstić information content (AvgIpc) is 2.05. The van der Waals surface area contributed by atoms with Crippen molar-refractivity contribution in [3.63, 3.8) is 0 Å². The number of nitrogens with two attached hydrogens (primary N) is 1. The monoisotopic (exact) mass is 162 g/mol. The molecule has 0 aliphatic rings. The SMILES string of the molecule is CCc1ccc(N)c(C(C)=N)c1. The van der Waals surface area contributed by atoms with Crippen LogP contribution in [0.25, 0.3) is 0 Å². The molecule has 1 rings (SSSR count). The van der Waals surface area contributed by atoms with E-state index in [1.807, 2.05) is 18.2 Å². The van der Waals surface area contributed by atoms with E-state index >= 15 is 0 Å². The second-order valence-corrected chi connectivity index (χ2v) is 2.90. The molecule has 0 heterocycles. The molecule has 0 unspecified atom stereocenters. The van der Waals surface area contributed by atoms with Gasteiger partial charge < -0.3 is 11.1 Å². The van der Waals surface area contributed by atoms with Crippen LogP contribution < -0.4 is 5.73 Å². The summed E-state index contributed by atoms with van der Waals surface area (Å²) in [5, 5.41) is 7.47. The number of anilines is 1. The first kappa shape index (κ1) is 8.78. The van der Waals surface area contributed by atoms with Crippen LogP contribution in [0.4, 0.5) is 5.69 Å². The molecule has 2 nitrogen and oxygen atoms in total. The van der Waals surface area contributed by atoms with Gasteiger partial charge in [-0.2, -0.15) is 0 Å². The summed E-state index contributed by atoms with van der Waals surface area (Å²) in [6, 6.07) is 5.85. The van der Waals surface area contributed by atoms with E-state index in [-0.39, 0.29) is 0 Å². The lowest BCUT2D eigenvalue weighted by atomic mass is 10.0. The van der Waals surface area contributed by atoms with Gasteiger partial charge >= 0.3 is 0 Å². The summed E-state index contributed by atoms with van der Waals surface area (Å²) in [4.78, 5) is 0. The first-order valence-electron chi connectivity index (χ1n) is 4.09. The molecule has 64 valence electrons. The van der Waals surface area contributed by atoms with Gasteiger partial charge in [0.05, 0.1) is 0 Å². The van der Waals surface area contributed by atoms with E-state index in [1.165, 1.54) is 5.56 Å². The number of aryl methyl sites for hydroxylation is 1. The van der Waals surface area contributed by atoms with E-state index in [0.29, 0.717) is 11.4 Å². The maximum absolute atomic E-state index is 7.47. The van der Waals surface area contributed by atoms with Crippen molar-refractivity contribution >= 4 is 11.4 Å². The molecule has 0 saturated heterocycles. The summed E-state index contributed by atoms with van der Waals surface area (Å²) in [5.41, 5.74) is 9.01. The molecule has 12 heavy (non-hydrogen) atoms. The summed E-state index contributed by atoms with van der Waals surface area (Å²) in [6.07, 6.45) is 0.987. The van der Waals surface area contributed by atoms with E-state index in [1.54, 1.807) is 6.92 Å². The van der Waals surface area contributed by atoms with Gasteiger partial charge in [-0.1, -0.05) is 13.0 Å². The van der Waals surface area contributed by atoms with Crippen LogP contribution in [0.5, 0.6) is 0 Å². The number of hydrogen-bond acceptors (Lipinski definition) is 2. The third-order valence-electron chi connectivity index (χ3n) is 1.93. The van der Waals surface area contributed by atoms with Gasteiger partial charge in [0.15, 0.2) is 0 Å². The molecule has 1 aromatic rings. The van der Waals surface area contributed by atoms with E-state index in [4.69, 9.17) is 11.1 Å². The van der Waals surface area contributed by atoms with E-state index in [9.17, 15) is 0 Å². The Labute approximate surface area is 72.9 Å². The van der Waals surface area contributed by atoms with Crippen molar-refractivity contribution in [1.29, 1.82) is 5.41 Å². The number of hydrogen-bond donors (Lipinski definition) is 2. The van der Waals surface area contributed by atoms with Gasteiger partial charge in [0.1, 0.15) is 0 Å². The Hall–Kier alpha value is -1.31. The average molecular weight is 162 g/mol. The molecule has 0 aromatic heterocycles. The van der Waals surface area contributed by atoms with E-state index < -0.39 is 0 Å². The second-order valence-electron chi connectivity index (χ2n) is 2.90. The highest BCUT2D eigenvalue weighted by Gasteiger charge is 2.01. The minimum Gasteiger partial charge on any atom is -0.398 e. The van der Waals surface area contributed by atoms with Crippen LogP contribution in [0, 0.1) is 5.41 Å². The van der Waals surface area contributed by atoms with Crippen molar-refractivity contribution in [1.82, 2.24) is 0 Å². The zero-order chi connectivity index (χ0) is 9.14. The molecule has 0 fully saturated rings. The lowest BCUT2D eigenvalue weighted by Crippen LogP contribution is -2.00. The number of rotatable bonds is 2. The zero-order valence-corrected chi connectivity index (χ0v) is 7.52. The molecular weight excluding hydrogens is 148 g/mol. The fourth-order valence-electron chi connectivity index (χ4n) is 1.15. The number of nitrogens with one attached hydrogen (secondary N) is 1.